The Morgan fingerprint density at radius 1 is 0.388 bits per heavy atom. The van der Waals surface area contributed by atoms with Gasteiger partial charge in [0.15, 0.2) is 17.5 Å². The van der Waals surface area contributed by atoms with Crippen LogP contribution in [0.5, 0.6) is 0 Å². The SMILES string of the molecule is [B]c1c([B])c([B])c(-c2nc(-c3ccccc3)nc(-c3cccc4oc5cccc(-c6cccc7c6oc6ccccc67)c5c34)n2)c([B])c1[B]. The average Bonchev–Trinajstić information content (AvgIpc) is 3.72. The highest BCUT2D eigenvalue weighted by atomic mass is 16.3. The number of aromatic nitrogens is 3. The highest BCUT2D eigenvalue weighted by Gasteiger charge is 2.23. The van der Waals surface area contributed by atoms with E-state index in [0.717, 1.165) is 55.0 Å². The van der Waals surface area contributed by atoms with Crippen LogP contribution in [0.2, 0.25) is 0 Å². The van der Waals surface area contributed by atoms with Crippen LogP contribution in [0.3, 0.4) is 0 Å². The standard InChI is InChI=1S/C39H18B5N3O2/c40-31-30(32(41)34(43)35(44)33(31)42)39-46-37(19-9-2-1-3-10-19)45-38(47-39)24-15-8-18-27-29(24)28-21(12-7-17-26(28)48-27)23-14-6-13-22-20-11-4-5-16-25(20)49-36(22)23/h1-18H. The summed E-state index contributed by atoms with van der Waals surface area (Å²) >= 11 is 0. The molecule has 3 aromatic heterocycles. The van der Waals surface area contributed by atoms with E-state index in [1.165, 1.54) is 0 Å². The molecular weight excluding hydrogens is 597 g/mol. The van der Waals surface area contributed by atoms with Gasteiger partial charge in [-0.3, -0.25) is 0 Å². The van der Waals surface area contributed by atoms with Crippen LogP contribution in [0.1, 0.15) is 0 Å². The number of hydrogen-bond acceptors (Lipinski definition) is 5. The Kier molecular flexibility index (Phi) is 6.70. The van der Waals surface area contributed by atoms with Crippen LogP contribution in [-0.4, -0.2) is 54.2 Å². The third-order valence-corrected chi connectivity index (χ3v) is 9.05. The smallest absolute Gasteiger partial charge is 0.164 e. The van der Waals surface area contributed by atoms with Crippen LogP contribution < -0.4 is 27.3 Å². The van der Waals surface area contributed by atoms with E-state index in [-0.39, 0.29) is 38.7 Å². The van der Waals surface area contributed by atoms with Crippen molar-refractivity contribution in [3.05, 3.63) is 109 Å². The van der Waals surface area contributed by atoms with Crippen molar-refractivity contribution in [2.45, 2.75) is 0 Å². The molecule has 0 bridgehead atoms. The van der Waals surface area contributed by atoms with Crippen LogP contribution in [0.25, 0.3) is 89.2 Å². The Morgan fingerprint density at radius 3 is 1.67 bits per heavy atom. The molecule has 0 aliphatic carbocycles. The summed E-state index contributed by atoms with van der Waals surface area (Å²) < 4.78 is 12.9. The summed E-state index contributed by atoms with van der Waals surface area (Å²) in [5, 5.41) is 3.81. The molecule has 3 heterocycles. The van der Waals surface area contributed by atoms with E-state index in [2.05, 4.69) is 24.3 Å². The molecule has 0 atom stereocenters. The van der Waals surface area contributed by atoms with E-state index in [0.29, 0.717) is 22.8 Å². The fourth-order valence-corrected chi connectivity index (χ4v) is 6.65. The number of fused-ring (bicyclic) bond motifs is 6. The van der Waals surface area contributed by atoms with Crippen molar-refractivity contribution in [1.82, 2.24) is 15.0 Å². The van der Waals surface area contributed by atoms with Gasteiger partial charge in [0.05, 0.1) is 0 Å². The summed E-state index contributed by atoms with van der Waals surface area (Å²) in [6.45, 7) is 0. The van der Waals surface area contributed by atoms with E-state index in [1.54, 1.807) is 0 Å². The first kappa shape index (κ1) is 29.4. The van der Waals surface area contributed by atoms with E-state index in [4.69, 9.17) is 63.0 Å². The number of para-hydroxylation sites is 2. The molecule has 6 aromatic carbocycles. The Balaban J connectivity index is 1.36. The van der Waals surface area contributed by atoms with Gasteiger partial charge in [0.25, 0.3) is 0 Å². The molecular formula is C39H18B5N3O2. The molecule has 0 spiro atoms. The van der Waals surface area contributed by atoms with Crippen molar-refractivity contribution < 1.29 is 8.83 Å². The third kappa shape index (κ3) is 4.51. The number of nitrogens with zero attached hydrogens (tertiary/aromatic N) is 3. The van der Waals surface area contributed by atoms with Crippen molar-refractivity contribution >= 4 is 110 Å². The molecule has 0 aliphatic heterocycles. The molecule has 0 amide bonds. The molecule has 0 N–H and O–H groups in total. The van der Waals surface area contributed by atoms with Gasteiger partial charge in [0, 0.05) is 43.8 Å². The maximum absolute atomic E-state index is 6.50. The van der Waals surface area contributed by atoms with Crippen molar-refractivity contribution in [2.24, 2.45) is 0 Å². The lowest BCUT2D eigenvalue weighted by atomic mass is 9.60. The van der Waals surface area contributed by atoms with Gasteiger partial charge in [-0.15, -0.1) is 16.4 Å². The summed E-state index contributed by atoms with van der Waals surface area (Å²) in [7, 11) is 31.7. The summed E-state index contributed by atoms with van der Waals surface area (Å²) in [5.41, 5.74) is 7.23. The molecule has 9 aromatic rings. The van der Waals surface area contributed by atoms with E-state index >= 15 is 0 Å². The highest BCUT2D eigenvalue weighted by Crippen LogP contribution is 2.44. The topological polar surface area (TPSA) is 65.0 Å². The zero-order valence-electron chi connectivity index (χ0n) is 25.9. The third-order valence-electron chi connectivity index (χ3n) is 9.05. The van der Waals surface area contributed by atoms with Gasteiger partial charge in [0.2, 0.25) is 0 Å². The second-order valence-electron chi connectivity index (χ2n) is 11.9. The van der Waals surface area contributed by atoms with Gasteiger partial charge in [-0.05, 0) is 23.8 Å². The molecule has 216 valence electrons. The molecule has 5 nitrogen and oxygen atoms in total. The lowest BCUT2D eigenvalue weighted by Gasteiger charge is -2.20. The van der Waals surface area contributed by atoms with Crippen LogP contribution in [-0.2, 0) is 0 Å². The summed E-state index contributed by atoms with van der Waals surface area (Å²) in [4.78, 5) is 14.8. The van der Waals surface area contributed by atoms with Crippen LogP contribution in [0, 0.1) is 0 Å². The first-order chi connectivity index (χ1) is 23.9. The average molecular weight is 615 g/mol. The molecule has 49 heavy (non-hydrogen) atoms. The summed E-state index contributed by atoms with van der Waals surface area (Å²) in [5.74, 6) is 0.987. The number of furan rings is 2. The van der Waals surface area contributed by atoms with Crippen molar-refractivity contribution in [2.75, 3.05) is 0 Å². The van der Waals surface area contributed by atoms with Crippen LogP contribution in [0.15, 0.2) is 118 Å². The maximum Gasteiger partial charge on any atom is 0.164 e. The quantitative estimate of drug-likeness (QED) is 0.277. The number of benzene rings is 6. The van der Waals surface area contributed by atoms with Crippen molar-refractivity contribution in [1.29, 1.82) is 0 Å². The molecule has 10 heteroatoms. The summed E-state index contributed by atoms with van der Waals surface area (Å²) in [6.07, 6.45) is 0. The van der Waals surface area contributed by atoms with Gasteiger partial charge in [-0.25, -0.2) is 15.0 Å². The van der Waals surface area contributed by atoms with Crippen LogP contribution >= 0.6 is 0 Å². The monoisotopic (exact) mass is 615 g/mol. The maximum atomic E-state index is 6.50. The molecule has 0 aliphatic rings. The lowest BCUT2D eigenvalue weighted by Crippen LogP contribution is -2.55. The lowest BCUT2D eigenvalue weighted by molar-refractivity contribution is 0.668. The number of rotatable bonds is 4. The molecule has 0 unspecified atom stereocenters. The predicted molar refractivity (Wildman–Crippen MR) is 203 cm³/mol. The molecule has 10 radical (unpaired) electrons. The minimum atomic E-state index is 0.109. The fraction of sp³-hybridized carbons (Fsp3) is 0. The van der Waals surface area contributed by atoms with E-state index in [1.807, 2.05) is 84.9 Å². The van der Waals surface area contributed by atoms with Gasteiger partial charge >= 0.3 is 0 Å². The summed E-state index contributed by atoms with van der Waals surface area (Å²) in [6, 6.07) is 35.6. The Bertz CT molecular complexity index is 2760. The fourth-order valence-electron chi connectivity index (χ4n) is 6.65. The van der Waals surface area contributed by atoms with Crippen molar-refractivity contribution in [3.8, 4) is 45.3 Å². The van der Waals surface area contributed by atoms with Gasteiger partial charge in [-0.1, -0.05) is 102 Å². The van der Waals surface area contributed by atoms with Gasteiger partial charge in [0.1, 0.15) is 61.6 Å². The normalized spacial score (nSPS) is 11.7. The molecule has 9 rings (SSSR count). The van der Waals surface area contributed by atoms with Gasteiger partial charge in [-0.2, -0.15) is 0 Å². The predicted octanol–water partition coefficient (Wildman–Crippen LogP) is 4.31. The zero-order valence-corrected chi connectivity index (χ0v) is 25.9. The largest absolute Gasteiger partial charge is 0.456 e. The van der Waals surface area contributed by atoms with Gasteiger partial charge < -0.3 is 8.83 Å². The molecule has 0 fully saturated rings. The Labute approximate surface area is 287 Å². The first-order valence-electron chi connectivity index (χ1n) is 15.6. The zero-order chi connectivity index (χ0) is 33.4. The van der Waals surface area contributed by atoms with E-state index < -0.39 is 0 Å². The molecule has 0 saturated carbocycles. The minimum Gasteiger partial charge on any atom is -0.456 e. The number of hydrogen-bond donors (Lipinski definition) is 0. The first-order valence-corrected chi connectivity index (χ1v) is 15.6. The molecule has 0 saturated heterocycles. The highest BCUT2D eigenvalue weighted by molar-refractivity contribution is 6.68. The second kappa shape index (κ2) is 11.2. The van der Waals surface area contributed by atoms with E-state index in [9.17, 15) is 0 Å². The van der Waals surface area contributed by atoms with Crippen LogP contribution in [0.4, 0.5) is 0 Å². The Morgan fingerprint density at radius 2 is 0.918 bits per heavy atom. The Hall–Kier alpha value is -5.75. The minimum absolute atomic E-state index is 0.109. The second-order valence-corrected chi connectivity index (χ2v) is 11.9. The van der Waals surface area contributed by atoms with Crippen molar-refractivity contribution in [3.63, 3.8) is 0 Å².